The second kappa shape index (κ2) is 6.03. The van der Waals surface area contributed by atoms with Gasteiger partial charge in [0.1, 0.15) is 5.82 Å². The van der Waals surface area contributed by atoms with Crippen molar-refractivity contribution in [2.24, 2.45) is 5.73 Å². The minimum Gasteiger partial charge on any atom is -0.328 e. The minimum atomic E-state index is -0.199. The van der Waals surface area contributed by atoms with Crippen LogP contribution in [0.2, 0.25) is 0 Å². The Labute approximate surface area is 98.3 Å². The van der Waals surface area contributed by atoms with Crippen molar-refractivity contribution < 1.29 is 4.39 Å². The SMILES string of the molecule is CC(N)CC/C=C/c1cc(Br)ccc1F. The zero-order valence-electron chi connectivity index (χ0n) is 8.71. The lowest BCUT2D eigenvalue weighted by Gasteiger charge is -2.00. The van der Waals surface area contributed by atoms with Crippen molar-refractivity contribution in [2.45, 2.75) is 25.8 Å². The Kier molecular flexibility index (Phi) is 4.99. The normalized spacial score (nSPS) is 13.3. The molecule has 0 bridgehead atoms. The van der Waals surface area contributed by atoms with Crippen LogP contribution in [0, 0.1) is 5.82 Å². The topological polar surface area (TPSA) is 26.0 Å². The van der Waals surface area contributed by atoms with Gasteiger partial charge in [0.25, 0.3) is 0 Å². The van der Waals surface area contributed by atoms with Crippen LogP contribution in [-0.4, -0.2) is 6.04 Å². The van der Waals surface area contributed by atoms with Crippen LogP contribution in [0.1, 0.15) is 25.3 Å². The van der Waals surface area contributed by atoms with Gasteiger partial charge in [0.05, 0.1) is 0 Å². The summed E-state index contributed by atoms with van der Waals surface area (Å²) in [5, 5.41) is 0. The molecule has 0 saturated carbocycles. The fourth-order valence-corrected chi connectivity index (χ4v) is 1.59. The monoisotopic (exact) mass is 271 g/mol. The first-order valence-electron chi connectivity index (χ1n) is 4.97. The van der Waals surface area contributed by atoms with E-state index in [1.807, 2.05) is 13.0 Å². The molecule has 3 heteroatoms. The maximum atomic E-state index is 13.3. The maximum absolute atomic E-state index is 13.3. The predicted molar refractivity (Wildman–Crippen MR) is 66.0 cm³/mol. The highest BCUT2D eigenvalue weighted by Crippen LogP contribution is 2.17. The number of halogens is 2. The molecule has 1 aromatic rings. The van der Waals surface area contributed by atoms with Crippen LogP contribution in [0.25, 0.3) is 6.08 Å². The quantitative estimate of drug-likeness (QED) is 0.888. The van der Waals surface area contributed by atoms with Gasteiger partial charge >= 0.3 is 0 Å². The first kappa shape index (κ1) is 12.4. The molecule has 0 amide bonds. The van der Waals surface area contributed by atoms with E-state index in [4.69, 9.17) is 5.73 Å². The third-order valence-electron chi connectivity index (χ3n) is 2.04. The number of rotatable bonds is 4. The molecule has 1 aromatic carbocycles. The number of hydrogen-bond donors (Lipinski definition) is 1. The van der Waals surface area contributed by atoms with Crippen molar-refractivity contribution in [3.05, 3.63) is 40.1 Å². The highest BCUT2D eigenvalue weighted by atomic mass is 79.9. The van der Waals surface area contributed by atoms with Gasteiger partial charge in [0.15, 0.2) is 0 Å². The molecule has 0 saturated heterocycles. The van der Waals surface area contributed by atoms with Gasteiger partial charge in [-0.2, -0.15) is 0 Å². The van der Waals surface area contributed by atoms with Gasteiger partial charge in [-0.15, -0.1) is 0 Å². The van der Waals surface area contributed by atoms with Gasteiger partial charge in [-0.3, -0.25) is 0 Å². The average Bonchev–Trinajstić information content (AvgIpc) is 2.17. The smallest absolute Gasteiger partial charge is 0.130 e. The summed E-state index contributed by atoms with van der Waals surface area (Å²) in [6.07, 6.45) is 5.55. The van der Waals surface area contributed by atoms with Crippen LogP contribution < -0.4 is 5.73 Å². The second-order valence-corrected chi connectivity index (χ2v) is 4.54. The van der Waals surface area contributed by atoms with Gasteiger partial charge in [-0.1, -0.05) is 28.1 Å². The summed E-state index contributed by atoms with van der Waals surface area (Å²) in [6.45, 7) is 1.97. The second-order valence-electron chi connectivity index (χ2n) is 3.62. The summed E-state index contributed by atoms with van der Waals surface area (Å²) in [5.74, 6) is -0.199. The largest absolute Gasteiger partial charge is 0.328 e. The third kappa shape index (κ3) is 4.58. The van der Waals surface area contributed by atoms with Crippen LogP contribution >= 0.6 is 15.9 Å². The van der Waals surface area contributed by atoms with Crippen molar-refractivity contribution in [3.8, 4) is 0 Å². The van der Waals surface area contributed by atoms with E-state index in [9.17, 15) is 4.39 Å². The Morgan fingerprint density at radius 2 is 2.27 bits per heavy atom. The summed E-state index contributed by atoms with van der Waals surface area (Å²) >= 11 is 3.31. The van der Waals surface area contributed by atoms with E-state index < -0.39 is 0 Å². The van der Waals surface area contributed by atoms with E-state index >= 15 is 0 Å². The Hall–Kier alpha value is -0.670. The molecule has 0 aromatic heterocycles. The molecule has 0 aliphatic carbocycles. The van der Waals surface area contributed by atoms with Gasteiger partial charge < -0.3 is 5.73 Å². The van der Waals surface area contributed by atoms with Gasteiger partial charge in [0.2, 0.25) is 0 Å². The summed E-state index contributed by atoms with van der Waals surface area (Å²) < 4.78 is 14.1. The number of nitrogens with two attached hydrogens (primary N) is 1. The number of allylic oxidation sites excluding steroid dienone is 1. The molecule has 0 radical (unpaired) electrons. The molecule has 0 aliphatic heterocycles. The van der Waals surface area contributed by atoms with E-state index in [0.717, 1.165) is 17.3 Å². The van der Waals surface area contributed by atoms with Crippen LogP contribution in [0.15, 0.2) is 28.7 Å². The molecule has 0 spiro atoms. The van der Waals surface area contributed by atoms with E-state index in [1.54, 1.807) is 18.2 Å². The van der Waals surface area contributed by atoms with Gasteiger partial charge in [-0.05, 0) is 38.0 Å². The molecule has 0 heterocycles. The Morgan fingerprint density at radius 3 is 2.93 bits per heavy atom. The van der Waals surface area contributed by atoms with Crippen molar-refractivity contribution >= 4 is 22.0 Å². The average molecular weight is 272 g/mol. The minimum absolute atomic E-state index is 0.196. The molecule has 1 rings (SSSR count). The molecule has 1 atom stereocenters. The summed E-state index contributed by atoms with van der Waals surface area (Å²) in [7, 11) is 0. The molecular weight excluding hydrogens is 257 g/mol. The highest BCUT2D eigenvalue weighted by Gasteiger charge is 1.98. The standard InChI is InChI=1S/C12H15BrFN/c1-9(15)4-2-3-5-10-8-11(13)6-7-12(10)14/h3,5-9H,2,4,15H2,1H3/b5-3+. The molecule has 1 unspecified atom stereocenters. The predicted octanol–water partition coefficient (Wildman–Crippen LogP) is 3.73. The lowest BCUT2D eigenvalue weighted by molar-refractivity contribution is 0.624. The van der Waals surface area contributed by atoms with Crippen molar-refractivity contribution in [3.63, 3.8) is 0 Å². The van der Waals surface area contributed by atoms with E-state index in [1.165, 1.54) is 6.07 Å². The molecule has 82 valence electrons. The summed E-state index contributed by atoms with van der Waals surface area (Å²) in [4.78, 5) is 0. The molecule has 15 heavy (non-hydrogen) atoms. The number of hydrogen-bond acceptors (Lipinski definition) is 1. The van der Waals surface area contributed by atoms with Crippen LogP contribution in [-0.2, 0) is 0 Å². The summed E-state index contributed by atoms with van der Waals surface area (Å²) in [5.41, 5.74) is 6.22. The van der Waals surface area contributed by atoms with Gasteiger partial charge in [-0.25, -0.2) is 4.39 Å². The Balaban J connectivity index is 2.59. The van der Waals surface area contributed by atoms with Gasteiger partial charge in [0, 0.05) is 16.1 Å². The van der Waals surface area contributed by atoms with E-state index in [2.05, 4.69) is 15.9 Å². The first-order chi connectivity index (χ1) is 7.09. The van der Waals surface area contributed by atoms with E-state index in [0.29, 0.717) is 5.56 Å². The maximum Gasteiger partial charge on any atom is 0.130 e. The number of benzene rings is 1. The zero-order valence-corrected chi connectivity index (χ0v) is 10.3. The first-order valence-corrected chi connectivity index (χ1v) is 5.76. The Bertz CT molecular complexity index is 347. The van der Waals surface area contributed by atoms with Crippen LogP contribution in [0.5, 0.6) is 0 Å². The van der Waals surface area contributed by atoms with Crippen LogP contribution in [0.4, 0.5) is 4.39 Å². The van der Waals surface area contributed by atoms with Crippen molar-refractivity contribution in [1.29, 1.82) is 0 Å². The Morgan fingerprint density at radius 1 is 1.53 bits per heavy atom. The summed E-state index contributed by atoms with van der Waals surface area (Å²) in [6, 6.07) is 5.10. The van der Waals surface area contributed by atoms with Crippen molar-refractivity contribution in [2.75, 3.05) is 0 Å². The molecular formula is C12H15BrFN. The van der Waals surface area contributed by atoms with Crippen molar-refractivity contribution in [1.82, 2.24) is 0 Å². The lowest BCUT2D eigenvalue weighted by atomic mass is 10.1. The lowest BCUT2D eigenvalue weighted by Crippen LogP contribution is -2.13. The molecule has 0 aliphatic rings. The fraction of sp³-hybridized carbons (Fsp3) is 0.333. The van der Waals surface area contributed by atoms with Crippen LogP contribution in [0.3, 0.4) is 0 Å². The molecule has 2 N–H and O–H groups in total. The van der Waals surface area contributed by atoms with E-state index in [-0.39, 0.29) is 11.9 Å². The molecule has 1 nitrogen and oxygen atoms in total. The zero-order chi connectivity index (χ0) is 11.3. The molecule has 0 fully saturated rings. The highest BCUT2D eigenvalue weighted by molar-refractivity contribution is 9.10. The fourth-order valence-electron chi connectivity index (χ4n) is 1.21. The third-order valence-corrected chi connectivity index (χ3v) is 2.54.